The Morgan fingerprint density at radius 2 is 2.47 bits per heavy atom. The first kappa shape index (κ1) is 10.1. The van der Waals surface area contributed by atoms with Crippen LogP contribution in [0, 0.1) is 0 Å². The second-order valence-corrected chi connectivity index (χ2v) is 3.78. The van der Waals surface area contributed by atoms with Crippen LogP contribution in [0.5, 0.6) is 0 Å². The Bertz CT molecular complexity index is 399. The molecule has 0 unspecified atom stereocenters. The third-order valence-corrected chi connectivity index (χ3v) is 2.50. The zero-order valence-corrected chi connectivity index (χ0v) is 8.81. The van der Waals surface area contributed by atoms with Gasteiger partial charge < -0.3 is 10.4 Å². The molecule has 0 bridgehead atoms. The smallest absolute Gasteiger partial charge is 0.182 e. The van der Waals surface area contributed by atoms with E-state index in [1.54, 1.807) is 28.4 Å². The lowest BCUT2D eigenvalue weighted by Gasteiger charge is -1.97. The molecule has 15 heavy (non-hydrogen) atoms. The minimum Gasteiger partial charge on any atom is -0.394 e. The summed E-state index contributed by atoms with van der Waals surface area (Å²) in [5, 5.41) is 22.4. The summed E-state index contributed by atoms with van der Waals surface area (Å²) in [6.45, 7) is 1.14. The van der Waals surface area contributed by atoms with E-state index in [1.807, 2.05) is 5.38 Å². The molecule has 0 spiro atoms. The molecule has 0 atom stereocenters. The fraction of sp³-hybridized carbons (Fsp3) is 0.375. The van der Waals surface area contributed by atoms with Gasteiger partial charge in [-0.05, 0) is 0 Å². The van der Waals surface area contributed by atoms with Crippen LogP contribution in [0.15, 0.2) is 17.8 Å². The average Bonchev–Trinajstić information content (AvgIpc) is 2.85. The minimum absolute atomic E-state index is 0.0721. The van der Waals surface area contributed by atoms with Gasteiger partial charge in [-0.3, -0.25) is 0 Å². The number of aromatic nitrogens is 4. The van der Waals surface area contributed by atoms with Crippen LogP contribution >= 0.6 is 11.3 Å². The third-order valence-electron chi connectivity index (χ3n) is 1.77. The topological polar surface area (TPSA) is 75.9 Å². The van der Waals surface area contributed by atoms with E-state index < -0.39 is 0 Å². The van der Waals surface area contributed by atoms with Gasteiger partial charge in [-0.2, -0.15) is 0 Å². The fourth-order valence-electron chi connectivity index (χ4n) is 1.11. The molecule has 2 aromatic heterocycles. The number of rotatable bonds is 5. The van der Waals surface area contributed by atoms with Crippen LogP contribution in [0.4, 0.5) is 5.13 Å². The van der Waals surface area contributed by atoms with Crippen molar-refractivity contribution < 1.29 is 5.11 Å². The zero-order valence-electron chi connectivity index (χ0n) is 8.00. The van der Waals surface area contributed by atoms with Gasteiger partial charge in [0.2, 0.25) is 0 Å². The molecular formula is C8H11N5OS. The molecular weight excluding hydrogens is 214 g/mol. The van der Waals surface area contributed by atoms with Gasteiger partial charge in [0.05, 0.1) is 25.9 Å². The number of aliphatic hydroxyl groups is 1. The van der Waals surface area contributed by atoms with Crippen LogP contribution in [0.25, 0.3) is 0 Å². The van der Waals surface area contributed by atoms with E-state index in [9.17, 15) is 0 Å². The first-order chi connectivity index (χ1) is 7.38. The van der Waals surface area contributed by atoms with Crippen molar-refractivity contribution in [2.45, 2.75) is 13.1 Å². The molecule has 2 heterocycles. The highest BCUT2D eigenvalue weighted by Gasteiger charge is 2.00. The first-order valence-corrected chi connectivity index (χ1v) is 5.39. The van der Waals surface area contributed by atoms with Gasteiger partial charge in [-0.25, -0.2) is 9.67 Å². The Hall–Kier alpha value is -1.47. The molecule has 0 fully saturated rings. The highest BCUT2D eigenvalue weighted by Crippen LogP contribution is 2.10. The minimum atomic E-state index is 0.0721. The Morgan fingerprint density at radius 3 is 3.20 bits per heavy atom. The Balaban J connectivity index is 1.88. The molecule has 2 aromatic rings. The predicted molar refractivity (Wildman–Crippen MR) is 56.5 cm³/mol. The van der Waals surface area contributed by atoms with Crippen LogP contribution in [-0.2, 0) is 13.1 Å². The van der Waals surface area contributed by atoms with Crippen molar-refractivity contribution in [2.75, 3.05) is 11.9 Å². The van der Waals surface area contributed by atoms with Gasteiger partial charge in [0.1, 0.15) is 5.69 Å². The second kappa shape index (κ2) is 4.85. The average molecular weight is 225 g/mol. The summed E-state index contributed by atoms with van der Waals surface area (Å²) in [5.41, 5.74) is 0.832. The Labute approximate surface area is 90.6 Å². The number of aliphatic hydroxyl groups excluding tert-OH is 1. The van der Waals surface area contributed by atoms with E-state index >= 15 is 0 Å². The number of nitrogens with zero attached hydrogens (tertiary/aromatic N) is 4. The molecule has 0 saturated carbocycles. The number of hydrogen-bond donors (Lipinski definition) is 2. The zero-order chi connectivity index (χ0) is 10.5. The molecule has 0 aliphatic carbocycles. The number of nitrogens with one attached hydrogen (secondary N) is 1. The van der Waals surface area contributed by atoms with E-state index in [0.29, 0.717) is 13.1 Å². The van der Waals surface area contributed by atoms with Gasteiger partial charge in [0.15, 0.2) is 5.13 Å². The molecule has 0 saturated heterocycles. The SMILES string of the molecule is OCCn1cc(CNc2nccs2)nn1. The summed E-state index contributed by atoms with van der Waals surface area (Å²) in [5.74, 6) is 0. The Kier molecular flexibility index (Phi) is 3.25. The van der Waals surface area contributed by atoms with E-state index in [2.05, 4.69) is 20.6 Å². The maximum Gasteiger partial charge on any atom is 0.182 e. The molecule has 0 amide bonds. The summed E-state index contributed by atoms with van der Waals surface area (Å²) >= 11 is 1.54. The van der Waals surface area contributed by atoms with Crippen LogP contribution in [0.1, 0.15) is 5.69 Å². The van der Waals surface area contributed by atoms with Crippen molar-refractivity contribution in [1.29, 1.82) is 0 Å². The van der Waals surface area contributed by atoms with Crippen molar-refractivity contribution in [3.63, 3.8) is 0 Å². The standard InChI is InChI=1S/C8H11N5OS/c14-3-2-13-6-7(11-12-13)5-10-8-9-1-4-15-8/h1,4,6,14H,2-3,5H2,(H,9,10). The maximum absolute atomic E-state index is 8.70. The van der Waals surface area contributed by atoms with Gasteiger partial charge in [-0.1, -0.05) is 5.21 Å². The van der Waals surface area contributed by atoms with E-state index in [-0.39, 0.29) is 6.61 Å². The molecule has 2 N–H and O–H groups in total. The lowest BCUT2D eigenvalue weighted by atomic mass is 10.5. The third kappa shape index (κ3) is 2.74. The Morgan fingerprint density at radius 1 is 1.53 bits per heavy atom. The summed E-state index contributed by atoms with van der Waals surface area (Å²) < 4.78 is 1.61. The number of anilines is 1. The molecule has 0 aromatic carbocycles. The largest absolute Gasteiger partial charge is 0.394 e. The van der Waals surface area contributed by atoms with Gasteiger partial charge in [0, 0.05) is 11.6 Å². The molecule has 7 heteroatoms. The monoisotopic (exact) mass is 225 g/mol. The number of thiazole rings is 1. The quantitative estimate of drug-likeness (QED) is 0.767. The highest BCUT2D eigenvalue weighted by atomic mass is 32.1. The molecule has 0 aliphatic heterocycles. The van der Waals surface area contributed by atoms with Gasteiger partial charge in [0.25, 0.3) is 0 Å². The summed E-state index contributed by atoms with van der Waals surface area (Å²) in [6, 6.07) is 0. The lowest BCUT2D eigenvalue weighted by Crippen LogP contribution is -2.02. The molecule has 2 rings (SSSR count). The normalized spacial score (nSPS) is 10.5. The first-order valence-electron chi connectivity index (χ1n) is 4.52. The molecule has 0 radical (unpaired) electrons. The van der Waals surface area contributed by atoms with Crippen molar-refractivity contribution in [3.8, 4) is 0 Å². The van der Waals surface area contributed by atoms with Crippen LogP contribution in [0.3, 0.4) is 0 Å². The lowest BCUT2D eigenvalue weighted by molar-refractivity contribution is 0.268. The van der Waals surface area contributed by atoms with Crippen LogP contribution in [0.2, 0.25) is 0 Å². The van der Waals surface area contributed by atoms with Crippen molar-refractivity contribution in [1.82, 2.24) is 20.0 Å². The van der Waals surface area contributed by atoms with E-state index in [1.165, 1.54) is 0 Å². The maximum atomic E-state index is 8.70. The van der Waals surface area contributed by atoms with Gasteiger partial charge in [-0.15, -0.1) is 16.4 Å². The molecule has 80 valence electrons. The van der Waals surface area contributed by atoms with Crippen LogP contribution < -0.4 is 5.32 Å². The van der Waals surface area contributed by atoms with Crippen LogP contribution in [-0.4, -0.2) is 31.7 Å². The van der Waals surface area contributed by atoms with Gasteiger partial charge >= 0.3 is 0 Å². The molecule has 6 nitrogen and oxygen atoms in total. The molecule has 0 aliphatic rings. The summed E-state index contributed by atoms with van der Waals surface area (Å²) in [4.78, 5) is 4.09. The van der Waals surface area contributed by atoms with E-state index in [0.717, 1.165) is 10.8 Å². The summed E-state index contributed by atoms with van der Waals surface area (Å²) in [6.07, 6.45) is 3.55. The fourth-order valence-corrected chi connectivity index (χ4v) is 1.64. The predicted octanol–water partition coefficient (Wildman–Crippen LogP) is 0.339. The second-order valence-electron chi connectivity index (χ2n) is 2.89. The van der Waals surface area contributed by atoms with Crippen molar-refractivity contribution >= 4 is 16.5 Å². The summed E-state index contributed by atoms with van der Waals surface area (Å²) in [7, 11) is 0. The van der Waals surface area contributed by atoms with Crippen molar-refractivity contribution in [2.24, 2.45) is 0 Å². The number of hydrogen-bond acceptors (Lipinski definition) is 6. The van der Waals surface area contributed by atoms with E-state index in [4.69, 9.17) is 5.11 Å². The van der Waals surface area contributed by atoms with Crippen molar-refractivity contribution in [3.05, 3.63) is 23.5 Å². The highest BCUT2D eigenvalue weighted by molar-refractivity contribution is 7.13.